The summed E-state index contributed by atoms with van der Waals surface area (Å²) in [4.78, 5) is 31.0. The van der Waals surface area contributed by atoms with E-state index >= 15 is 0 Å². The van der Waals surface area contributed by atoms with Gasteiger partial charge in [-0.05, 0) is 32.8 Å². The molecule has 2 fully saturated rings. The van der Waals surface area contributed by atoms with Gasteiger partial charge in [0.2, 0.25) is 5.91 Å². The van der Waals surface area contributed by atoms with E-state index in [1.165, 1.54) is 11.3 Å². The normalized spacial score (nSPS) is 19.7. The van der Waals surface area contributed by atoms with Gasteiger partial charge in [-0.2, -0.15) is 5.10 Å². The van der Waals surface area contributed by atoms with Crippen molar-refractivity contribution < 1.29 is 9.59 Å². The van der Waals surface area contributed by atoms with Crippen LogP contribution in [0.15, 0.2) is 6.07 Å². The van der Waals surface area contributed by atoms with Gasteiger partial charge < -0.3 is 10.2 Å². The summed E-state index contributed by atoms with van der Waals surface area (Å²) in [5, 5.41) is 8.52. The first-order valence-corrected chi connectivity index (χ1v) is 10.0. The molecule has 1 aliphatic heterocycles. The average Bonchev–Trinajstić information content (AvgIpc) is 3.26. The highest BCUT2D eigenvalue weighted by Gasteiger charge is 2.31. The Morgan fingerprint density at radius 1 is 1.27 bits per heavy atom. The van der Waals surface area contributed by atoms with Gasteiger partial charge in [0.25, 0.3) is 5.91 Å². The van der Waals surface area contributed by atoms with Crippen LogP contribution in [0.3, 0.4) is 0 Å². The smallest absolute Gasteiger partial charge is 0.264 e. The molecule has 1 atom stereocenters. The number of carbonyl (C=O) groups excluding carboxylic acids is 2. The van der Waals surface area contributed by atoms with E-state index in [1.54, 1.807) is 0 Å². The fourth-order valence-electron chi connectivity index (χ4n) is 3.49. The van der Waals surface area contributed by atoms with E-state index in [9.17, 15) is 9.59 Å². The molecule has 8 heteroatoms. The molecule has 140 valence electrons. The third kappa shape index (κ3) is 3.23. The predicted molar refractivity (Wildman–Crippen MR) is 101 cm³/mol. The monoisotopic (exact) mass is 375 g/mol. The van der Waals surface area contributed by atoms with E-state index in [-0.39, 0.29) is 17.9 Å². The fourth-order valence-corrected chi connectivity index (χ4v) is 4.59. The Hall–Kier alpha value is -1.93. The zero-order chi connectivity index (χ0) is 18.4. The van der Waals surface area contributed by atoms with Gasteiger partial charge in [-0.25, -0.2) is 0 Å². The van der Waals surface area contributed by atoms with Crippen LogP contribution in [0.2, 0.25) is 0 Å². The maximum absolute atomic E-state index is 12.9. The second-order valence-electron chi connectivity index (χ2n) is 7.33. The molecule has 2 aromatic rings. The quantitative estimate of drug-likeness (QED) is 0.876. The van der Waals surface area contributed by atoms with Crippen LogP contribution in [0.4, 0.5) is 0 Å². The molecular weight excluding hydrogens is 350 g/mol. The molecule has 1 unspecified atom stereocenters. The largest absolute Gasteiger partial charge is 0.352 e. The van der Waals surface area contributed by atoms with Crippen LogP contribution in [0.1, 0.15) is 35.1 Å². The topological polar surface area (TPSA) is 70.5 Å². The van der Waals surface area contributed by atoms with Crippen molar-refractivity contribution in [3.8, 4) is 0 Å². The Kier molecular flexibility index (Phi) is 4.48. The molecule has 0 spiro atoms. The van der Waals surface area contributed by atoms with Crippen molar-refractivity contribution in [2.45, 2.75) is 38.8 Å². The van der Waals surface area contributed by atoms with Gasteiger partial charge in [-0.3, -0.25) is 19.2 Å². The van der Waals surface area contributed by atoms with Crippen molar-refractivity contribution in [3.63, 3.8) is 0 Å². The van der Waals surface area contributed by atoms with Crippen molar-refractivity contribution in [1.29, 1.82) is 0 Å². The zero-order valence-electron chi connectivity index (χ0n) is 15.5. The van der Waals surface area contributed by atoms with E-state index in [2.05, 4.69) is 15.3 Å². The van der Waals surface area contributed by atoms with E-state index in [1.807, 2.05) is 36.5 Å². The Balaban J connectivity index is 1.38. The number of aromatic nitrogens is 2. The lowest BCUT2D eigenvalue weighted by Crippen LogP contribution is -2.55. The molecule has 7 nitrogen and oxygen atoms in total. The highest BCUT2D eigenvalue weighted by Crippen LogP contribution is 2.28. The summed E-state index contributed by atoms with van der Waals surface area (Å²) >= 11 is 1.50. The van der Waals surface area contributed by atoms with E-state index in [0.717, 1.165) is 46.7 Å². The summed E-state index contributed by atoms with van der Waals surface area (Å²) in [6, 6.07) is 2.22. The van der Waals surface area contributed by atoms with Crippen LogP contribution in [0.5, 0.6) is 0 Å². The van der Waals surface area contributed by atoms with E-state index in [0.29, 0.717) is 19.1 Å². The minimum Gasteiger partial charge on any atom is -0.352 e. The number of carbonyl (C=O) groups is 2. The second-order valence-corrected chi connectivity index (χ2v) is 8.36. The number of hydrogen-bond acceptors (Lipinski definition) is 5. The lowest BCUT2D eigenvalue weighted by atomic mass is 10.2. The highest BCUT2D eigenvalue weighted by atomic mass is 32.1. The van der Waals surface area contributed by atoms with E-state index < -0.39 is 0 Å². The van der Waals surface area contributed by atoms with Crippen molar-refractivity contribution in [3.05, 3.63) is 16.6 Å². The molecule has 0 bridgehead atoms. The fraction of sp³-hybridized carbons (Fsp3) is 0.611. The lowest BCUT2D eigenvalue weighted by Gasteiger charge is -2.37. The molecular formula is C18H25N5O2S. The van der Waals surface area contributed by atoms with Crippen molar-refractivity contribution in [2.24, 2.45) is 7.05 Å². The summed E-state index contributed by atoms with van der Waals surface area (Å²) in [6.07, 6.45) is 2.20. The Morgan fingerprint density at radius 3 is 2.58 bits per heavy atom. The minimum absolute atomic E-state index is 0.0836. The standard InChI is InChI=1S/C18H25N5O2S/c1-11-14-10-15(26-18(14)21(3)20-11)17(25)23-8-6-22(7-9-23)12(2)16(24)19-13-4-5-13/h10,12-13H,4-9H2,1-3H3,(H,19,24). The van der Waals surface area contributed by atoms with Gasteiger partial charge in [-0.1, -0.05) is 0 Å². The van der Waals surface area contributed by atoms with Crippen LogP contribution >= 0.6 is 11.3 Å². The highest BCUT2D eigenvalue weighted by molar-refractivity contribution is 7.20. The first kappa shape index (κ1) is 17.5. The van der Waals surface area contributed by atoms with Crippen LogP contribution in [0.25, 0.3) is 10.2 Å². The number of aryl methyl sites for hydroxylation is 2. The van der Waals surface area contributed by atoms with Gasteiger partial charge >= 0.3 is 0 Å². The SMILES string of the molecule is Cc1nn(C)c2sc(C(=O)N3CCN(C(C)C(=O)NC4CC4)CC3)cc12. The van der Waals surface area contributed by atoms with Gasteiger partial charge in [0, 0.05) is 44.7 Å². The maximum atomic E-state index is 12.9. The molecule has 0 radical (unpaired) electrons. The minimum atomic E-state index is -0.133. The van der Waals surface area contributed by atoms with Crippen LogP contribution in [-0.2, 0) is 11.8 Å². The molecule has 4 rings (SSSR count). The predicted octanol–water partition coefficient (Wildman–Crippen LogP) is 1.37. The number of fused-ring (bicyclic) bond motifs is 1. The van der Waals surface area contributed by atoms with Crippen LogP contribution in [-0.4, -0.2) is 69.7 Å². The molecule has 2 aliphatic rings. The van der Waals surface area contributed by atoms with Crippen LogP contribution < -0.4 is 5.32 Å². The summed E-state index contributed by atoms with van der Waals surface area (Å²) in [6.45, 7) is 6.71. The number of piperazine rings is 1. The van der Waals surface area contributed by atoms with Crippen molar-refractivity contribution >= 4 is 33.4 Å². The van der Waals surface area contributed by atoms with Crippen molar-refractivity contribution in [2.75, 3.05) is 26.2 Å². The molecule has 1 saturated carbocycles. The number of nitrogens with zero attached hydrogens (tertiary/aromatic N) is 4. The summed E-state index contributed by atoms with van der Waals surface area (Å²) < 4.78 is 1.84. The van der Waals surface area contributed by atoms with Gasteiger partial charge in [0.15, 0.2) is 0 Å². The zero-order valence-corrected chi connectivity index (χ0v) is 16.3. The summed E-state index contributed by atoms with van der Waals surface area (Å²) in [5.41, 5.74) is 0.957. The third-order valence-electron chi connectivity index (χ3n) is 5.36. The Morgan fingerprint density at radius 2 is 1.96 bits per heavy atom. The number of hydrogen-bond donors (Lipinski definition) is 1. The van der Waals surface area contributed by atoms with Gasteiger partial charge in [0.1, 0.15) is 4.83 Å². The summed E-state index contributed by atoms with van der Waals surface area (Å²) in [7, 11) is 1.91. The lowest BCUT2D eigenvalue weighted by molar-refractivity contribution is -0.126. The molecule has 1 N–H and O–H groups in total. The molecule has 0 aromatic carbocycles. The first-order chi connectivity index (χ1) is 12.4. The maximum Gasteiger partial charge on any atom is 0.264 e. The number of nitrogens with one attached hydrogen (secondary N) is 1. The Bertz CT molecular complexity index is 811. The molecule has 1 saturated heterocycles. The first-order valence-electron chi connectivity index (χ1n) is 9.21. The Labute approximate surface area is 156 Å². The molecule has 2 amide bonds. The van der Waals surface area contributed by atoms with E-state index in [4.69, 9.17) is 0 Å². The number of amides is 2. The number of rotatable bonds is 4. The third-order valence-corrected chi connectivity index (χ3v) is 6.55. The van der Waals surface area contributed by atoms with Crippen LogP contribution in [0, 0.1) is 6.92 Å². The second kappa shape index (κ2) is 6.66. The average molecular weight is 375 g/mol. The molecule has 26 heavy (non-hydrogen) atoms. The van der Waals surface area contributed by atoms with Gasteiger partial charge in [-0.15, -0.1) is 11.3 Å². The molecule has 3 heterocycles. The summed E-state index contributed by atoms with van der Waals surface area (Å²) in [5.74, 6) is 0.195. The molecule has 1 aliphatic carbocycles. The number of thiophene rings is 1. The molecule has 2 aromatic heterocycles. The van der Waals surface area contributed by atoms with Crippen molar-refractivity contribution in [1.82, 2.24) is 24.9 Å². The van der Waals surface area contributed by atoms with Gasteiger partial charge in [0.05, 0.1) is 16.6 Å².